The third-order valence-corrected chi connectivity index (χ3v) is 4.17. The first-order valence-corrected chi connectivity index (χ1v) is 8.93. The fraction of sp³-hybridized carbons (Fsp3) is 0.450. The summed E-state index contributed by atoms with van der Waals surface area (Å²) in [4.78, 5) is 20.4. The van der Waals surface area contributed by atoms with E-state index in [1.165, 1.54) is 6.07 Å². The number of nitrogens with one attached hydrogen (secondary N) is 1. The molecule has 0 spiro atoms. The van der Waals surface area contributed by atoms with Gasteiger partial charge >= 0.3 is 5.97 Å². The van der Waals surface area contributed by atoms with Crippen LogP contribution in [-0.4, -0.2) is 31.3 Å². The van der Waals surface area contributed by atoms with Crippen molar-refractivity contribution in [2.45, 2.75) is 53.5 Å². The molecule has 0 aliphatic heterocycles. The number of furan rings is 1. The highest BCUT2D eigenvalue weighted by Crippen LogP contribution is 2.31. The summed E-state index contributed by atoms with van der Waals surface area (Å²) in [5.74, 6) is -0.355. The van der Waals surface area contributed by atoms with Gasteiger partial charge in [0, 0.05) is 11.7 Å². The molecule has 0 aliphatic rings. The maximum atomic E-state index is 11.2. The van der Waals surface area contributed by atoms with Crippen LogP contribution >= 0.6 is 0 Å². The van der Waals surface area contributed by atoms with Crippen molar-refractivity contribution in [2.75, 3.05) is 5.43 Å². The average Bonchev–Trinajstić information content (AvgIpc) is 3.11. The second-order valence-corrected chi connectivity index (χ2v) is 8.77. The van der Waals surface area contributed by atoms with Crippen molar-refractivity contribution in [2.24, 2.45) is 5.41 Å². The molecule has 0 radical (unpaired) electrons. The molecule has 0 aliphatic carbocycles. The zero-order chi connectivity index (χ0) is 20.0. The molecule has 3 heterocycles. The van der Waals surface area contributed by atoms with Gasteiger partial charge < -0.3 is 14.9 Å². The van der Waals surface area contributed by atoms with E-state index in [0.29, 0.717) is 17.2 Å². The monoisotopic (exact) mass is 370 g/mol. The van der Waals surface area contributed by atoms with Gasteiger partial charge in [0.25, 0.3) is 0 Å². The van der Waals surface area contributed by atoms with Crippen LogP contribution in [0.15, 0.2) is 28.8 Å². The summed E-state index contributed by atoms with van der Waals surface area (Å²) in [6.45, 7) is 12.8. The number of carboxylic acids is 1. The fourth-order valence-corrected chi connectivity index (χ4v) is 3.61. The van der Waals surface area contributed by atoms with Crippen LogP contribution in [0.25, 0.3) is 22.7 Å². The Kier molecular flexibility index (Phi) is 4.49. The Morgan fingerprint density at radius 3 is 2.52 bits per heavy atom. The molecule has 0 amide bonds. The van der Waals surface area contributed by atoms with Gasteiger partial charge in [-0.3, -0.25) is 0 Å². The van der Waals surface area contributed by atoms with Crippen molar-refractivity contribution in [3.63, 3.8) is 0 Å². The first-order valence-electron chi connectivity index (χ1n) is 8.93. The van der Waals surface area contributed by atoms with Crippen LogP contribution in [0.5, 0.6) is 0 Å². The lowest BCUT2D eigenvalue weighted by atomic mass is 9.82. The molecule has 3 aromatic rings. The Balaban J connectivity index is 2.14. The molecule has 0 atom stereocenters. The number of imidazole rings is 1. The standard InChI is InChI=1S/C20H26N4O3/c1-12-9-10-21-17-15(12)22-16(13-7-8-14(27-13)18(25)26)24(17)23-20(5,6)11-19(2,3)4/h7-10,23H,11H2,1-6H3,(H,25,26). The fourth-order valence-electron chi connectivity index (χ4n) is 3.61. The summed E-state index contributed by atoms with van der Waals surface area (Å²) in [5, 5.41) is 9.16. The summed E-state index contributed by atoms with van der Waals surface area (Å²) in [6, 6.07) is 4.95. The number of nitrogens with zero attached hydrogens (tertiary/aromatic N) is 3. The number of hydrogen-bond donors (Lipinski definition) is 2. The lowest BCUT2D eigenvalue weighted by Gasteiger charge is -2.34. The number of pyridine rings is 1. The van der Waals surface area contributed by atoms with E-state index in [2.05, 4.69) is 50.0 Å². The third kappa shape index (κ3) is 3.97. The Hall–Kier alpha value is -2.83. The van der Waals surface area contributed by atoms with Gasteiger partial charge in [0.1, 0.15) is 5.52 Å². The van der Waals surface area contributed by atoms with Crippen LogP contribution in [0.3, 0.4) is 0 Å². The molecular formula is C20H26N4O3. The normalized spacial score (nSPS) is 12.5. The minimum Gasteiger partial charge on any atom is -0.475 e. The Morgan fingerprint density at radius 1 is 1.22 bits per heavy atom. The van der Waals surface area contributed by atoms with Crippen LogP contribution in [0.4, 0.5) is 0 Å². The van der Waals surface area contributed by atoms with Crippen molar-refractivity contribution >= 4 is 17.1 Å². The zero-order valence-electron chi connectivity index (χ0n) is 16.6. The number of fused-ring (bicyclic) bond motifs is 1. The lowest BCUT2D eigenvalue weighted by molar-refractivity contribution is 0.0663. The van der Waals surface area contributed by atoms with Crippen LogP contribution in [-0.2, 0) is 0 Å². The Labute approximate surface area is 158 Å². The molecule has 0 fully saturated rings. The van der Waals surface area contributed by atoms with E-state index < -0.39 is 5.97 Å². The van der Waals surface area contributed by atoms with E-state index in [0.717, 1.165) is 17.5 Å². The molecule has 7 nitrogen and oxygen atoms in total. The molecule has 0 saturated heterocycles. The average molecular weight is 370 g/mol. The van der Waals surface area contributed by atoms with E-state index in [4.69, 9.17) is 9.52 Å². The number of aromatic carboxylic acids is 1. The molecule has 0 bridgehead atoms. The summed E-state index contributed by atoms with van der Waals surface area (Å²) in [6.07, 6.45) is 2.65. The number of hydrogen-bond acceptors (Lipinski definition) is 5. The zero-order valence-corrected chi connectivity index (χ0v) is 16.6. The van der Waals surface area contributed by atoms with Crippen LogP contribution in [0.2, 0.25) is 0 Å². The summed E-state index contributed by atoms with van der Waals surface area (Å²) in [7, 11) is 0. The van der Waals surface area contributed by atoms with Crippen molar-refractivity contribution < 1.29 is 14.3 Å². The Bertz CT molecular complexity index is 992. The van der Waals surface area contributed by atoms with Gasteiger partial charge in [0.2, 0.25) is 5.76 Å². The number of aryl methyl sites for hydroxylation is 1. The molecule has 3 rings (SSSR count). The highest BCUT2D eigenvalue weighted by atomic mass is 16.4. The molecule has 27 heavy (non-hydrogen) atoms. The van der Waals surface area contributed by atoms with Gasteiger partial charge in [0.05, 0.1) is 0 Å². The van der Waals surface area contributed by atoms with Gasteiger partial charge in [-0.05, 0) is 56.4 Å². The predicted octanol–water partition coefficient (Wildman–Crippen LogP) is 4.46. The predicted molar refractivity (Wildman–Crippen MR) is 104 cm³/mol. The highest BCUT2D eigenvalue weighted by Gasteiger charge is 2.28. The number of aromatic nitrogens is 3. The van der Waals surface area contributed by atoms with Gasteiger partial charge in [0.15, 0.2) is 17.2 Å². The molecule has 2 N–H and O–H groups in total. The van der Waals surface area contributed by atoms with Crippen molar-refractivity contribution in [3.05, 3.63) is 35.7 Å². The first kappa shape index (κ1) is 18.9. The molecule has 7 heteroatoms. The maximum Gasteiger partial charge on any atom is 0.371 e. The largest absolute Gasteiger partial charge is 0.475 e. The molecular weight excluding hydrogens is 344 g/mol. The second kappa shape index (κ2) is 6.40. The number of carboxylic acid groups (broad SMARTS) is 1. The molecule has 0 unspecified atom stereocenters. The van der Waals surface area contributed by atoms with Crippen molar-refractivity contribution in [3.8, 4) is 11.6 Å². The van der Waals surface area contributed by atoms with Gasteiger partial charge in [-0.2, -0.15) is 0 Å². The summed E-state index contributed by atoms with van der Waals surface area (Å²) >= 11 is 0. The number of carbonyl (C=O) groups is 1. The van der Waals surface area contributed by atoms with E-state index in [-0.39, 0.29) is 16.7 Å². The van der Waals surface area contributed by atoms with Gasteiger partial charge in [-0.15, -0.1) is 0 Å². The highest BCUT2D eigenvalue weighted by molar-refractivity contribution is 5.85. The summed E-state index contributed by atoms with van der Waals surface area (Å²) in [5.41, 5.74) is 5.80. The van der Waals surface area contributed by atoms with Crippen LogP contribution < -0.4 is 5.43 Å². The third-order valence-electron chi connectivity index (χ3n) is 4.17. The van der Waals surface area contributed by atoms with Crippen molar-refractivity contribution in [1.29, 1.82) is 0 Å². The quantitative estimate of drug-likeness (QED) is 0.689. The molecule has 144 valence electrons. The molecule has 3 aromatic heterocycles. The van der Waals surface area contributed by atoms with Crippen LogP contribution in [0, 0.1) is 12.3 Å². The minimum absolute atomic E-state index is 0.123. The van der Waals surface area contributed by atoms with Gasteiger partial charge in [-0.25, -0.2) is 19.4 Å². The Morgan fingerprint density at radius 2 is 1.93 bits per heavy atom. The smallest absolute Gasteiger partial charge is 0.371 e. The van der Waals surface area contributed by atoms with E-state index in [1.54, 1.807) is 16.9 Å². The molecule has 0 aromatic carbocycles. The van der Waals surface area contributed by atoms with Gasteiger partial charge in [-0.1, -0.05) is 20.8 Å². The van der Waals surface area contributed by atoms with E-state index >= 15 is 0 Å². The topological polar surface area (TPSA) is 93.2 Å². The van der Waals surface area contributed by atoms with E-state index in [1.807, 2.05) is 13.0 Å². The minimum atomic E-state index is -1.11. The number of rotatable bonds is 5. The van der Waals surface area contributed by atoms with Crippen molar-refractivity contribution in [1.82, 2.24) is 14.6 Å². The maximum absolute atomic E-state index is 11.2. The van der Waals surface area contributed by atoms with E-state index in [9.17, 15) is 4.79 Å². The molecule has 0 saturated carbocycles. The summed E-state index contributed by atoms with van der Waals surface area (Å²) < 4.78 is 7.31. The SMILES string of the molecule is Cc1ccnc2c1nc(-c1ccc(C(=O)O)o1)n2NC(C)(C)CC(C)(C)C. The lowest BCUT2D eigenvalue weighted by Crippen LogP contribution is -2.41. The second-order valence-electron chi connectivity index (χ2n) is 8.77. The first-order chi connectivity index (χ1) is 12.5. The van der Waals surface area contributed by atoms with Crippen LogP contribution in [0.1, 0.15) is 57.2 Å².